The van der Waals surface area contributed by atoms with Gasteiger partial charge in [-0.05, 0) is 36.4 Å². The van der Waals surface area contributed by atoms with E-state index in [1.54, 1.807) is 30.3 Å². The van der Waals surface area contributed by atoms with Crippen LogP contribution in [0.15, 0.2) is 77.2 Å². The predicted octanol–water partition coefficient (Wildman–Crippen LogP) is 7.69. The van der Waals surface area contributed by atoms with Gasteiger partial charge in [-0.2, -0.15) is 0 Å². The topological polar surface area (TPSA) is 98.3 Å². The maximum absolute atomic E-state index is 12.8. The van der Waals surface area contributed by atoms with Crippen molar-refractivity contribution in [1.82, 2.24) is 4.98 Å². The molecule has 7 nitrogen and oxygen atoms in total. The fraction of sp³-hybridized carbons (Fsp3) is 0. The molecule has 10 heteroatoms. The van der Waals surface area contributed by atoms with Gasteiger partial charge in [-0.3, -0.25) is 14.9 Å². The average molecular weight is 510 g/mol. The van der Waals surface area contributed by atoms with Crippen molar-refractivity contribution in [2.75, 3.05) is 5.32 Å². The highest BCUT2D eigenvalue weighted by Gasteiger charge is 2.18. The van der Waals surface area contributed by atoms with Crippen LogP contribution in [0.1, 0.15) is 10.6 Å². The first-order chi connectivity index (χ1) is 16.4. The summed E-state index contributed by atoms with van der Waals surface area (Å²) < 4.78 is 6.66. The number of halogens is 2. The van der Waals surface area contributed by atoms with E-state index in [0.29, 0.717) is 32.6 Å². The number of furan rings is 1. The van der Waals surface area contributed by atoms with E-state index in [2.05, 4.69) is 10.3 Å². The van der Waals surface area contributed by atoms with Crippen LogP contribution in [0.25, 0.3) is 32.1 Å². The van der Waals surface area contributed by atoms with E-state index >= 15 is 0 Å². The molecule has 0 bridgehead atoms. The first-order valence-corrected chi connectivity index (χ1v) is 11.5. The van der Waals surface area contributed by atoms with Crippen molar-refractivity contribution in [2.24, 2.45) is 0 Å². The smallest absolute Gasteiger partial charge is 0.291 e. The Kier molecular flexibility index (Phi) is 5.79. The van der Waals surface area contributed by atoms with Crippen molar-refractivity contribution in [3.63, 3.8) is 0 Å². The largest absolute Gasteiger partial charge is 0.451 e. The second-order valence-electron chi connectivity index (χ2n) is 7.22. The van der Waals surface area contributed by atoms with Crippen LogP contribution in [-0.4, -0.2) is 15.8 Å². The van der Waals surface area contributed by atoms with Gasteiger partial charge in [-0.25, -0.2) is 4.98 Å². The number of carbonyl (C=O) groups is 1. The van der Waals surface area contributed by atoms with Crippen LogP contribution in [-0.2, 0) is 0 Å². The molecule has 1 N–H and O–H groups in total. The van der Waals surface area contributed by atoms with Gasteiger partial charge < -0.3 is 9.73 Å². The van der Waals surface area contributed by atoms with Gasteiger partial charge in [0.05, 0.1) is 30.9 Å². The zero-order valence-electron chi connectivity index (χ0n) is 17.1. The van der Waals surface area contributed by atoms with E-state index in [-0.39, 0.29) is 16.5 Å². The van der Waals surface area contributed by atoms with Crippen molar-refractivity contribution in [1.29, 1.82) is 0 Å². The van der Waals surface area contributed by atoms with Gasteiger partial charge in [0, 0.05) is 23.3 Å². The SMILES string of the molecule is O=C(Nc1cc(-c2nc3ccccc3s2)c(Cl)cc1Cl)c1ccc(-c2cccc([N+](=O)[O-])c2)o1. The number of aromatic nitrogens is 1. The van der Waals surface area contributed by atoms with Crippen LogP contribution < -0.4 is 5.32 Å². The number of nitro benzene ring substituents is 1. The summed E-state index contributed by atoms with van der Waals surface area (Å²) in [5.41, 5.74) is 2.24. The molecule has 0 spiro atoms. The highest BCUT2D eigenvalue weighted by molar-refractivity contribution is 7.21. The molecular weight excluding hydrogens is 497 g/mol. The van der Waals surface area contributed by atoms with Crippen LogP contribution in [0.3, 0.4) is 0 Å². The fourth-order valence-electron chi connectivity index (χ4n) is 3.37. The molecule has 0 aliphatic rings. The van der Waals surface area contributed by atoms with E-state index in [4.69, 9.17) is 27.6 Å². The van der Waals surface area contributed by atoms with Gasteiger partial charge in [-0.1, -0.05) is 47.5 Å². The molecule has 0 radical (unpaired) electrons. The van der Waals surface area contributed by atoms with Gasteiger partial charge in [0.15, 0.2) is 5.76 Å². The number of carbonyl (C=O) groups excluding carboxylic acids is 1. The molecule has 1 amide bonds. The molecule has 5 aromatic rings. The lowest BCUT2D eigenvalue weighted by molar-refractivity contribution is -0.384. The van der Waals surface area contributed by atoms with E-state index in [0.717, 1.165) is 10.2 Å². The third-order valence-corrected chi connectivity index (χ3v) is 6.70. The molecule has 0 aliphatic carbocycles. The Bertz CT molecular complexity index is 1540. The molecule has 0 fully saturated rings. The second-order valence-corrected chi connectivity index (χ2v) is 9.07. The molecule has 0 atom stereocenters. The zero-order valence-corrected chi connectivity index (χ0v) is 19.4. The molecule has 0 unspecified atom stereocenters. The maximum atomic E-state index is 12.8. The lowest BCUT2D eigenvalue weighted by Crippen LogP contribution is -2.11. The Morgan fingerprint density at radius 3 is 2.62 bits per heavy atom. The Labute approximate surface area is 206 Å². The predicted molar refractivity (Wildman–Crippen MR) is 134 cm³/mol. The highest BCUT2D eigenvalue weighted by atomic mass is 35.5. The van der Waals surface area contributed by atoms with Gasteiger partial charge in [-0.15, -0.1) is 11.3 Å². The molecule has 2 aromatic heterocycles. The number of hydrogen-bond donors (Lipinski definition) is 1. The lowest BCUT2D eigenvalue weighted by Gasteiger charge is -2.09. The summed E-state index contributed by atoms with van der Waals surface area (Å²) in [6.45, 7) is 0. The lowest BCUT2D eigenvalue weighted by atomic mass is 10.1. The van der Waals surface area contributed by atoms with Crippen LogP contribution in [0.4, 0.5) is 11.4 Å². The highest BCUT2D eigenvalue weighted by Crippen LogP contribution is 2.39. The third kappa shape index (κ3) is 4.26. The molecule has 2 heterocycles. The summed E-state index contributed by atoms with van der Waals surface area (Å²) in [5.74, 6) is -0.184. The molecular formula is C24H13Cl2N3O4S. The fourth-order valence-corrected chi connectivity index (χ4v) is 4.94. The first kappa shape index (κ1) is 22.1. The third-order valence-electron chi connectivity index (χ3n) is 5.00. The summed E-state index contributed by atoms with van der Waals surface area (Å²) in [5, 5.41) is 15.1. The molecule has 34 heavy (non-hydrogen) atoms. The number of nitrogens with zero attached hydrogens (tertiary/aromatic N) is 2. The monoisotopic (exact) mass is 509 g/mol. The molecule has 0 aliphatic heterocycles. The quantitative estimate of drug-likeness (QED) is 0.193. The van der Waals surface area contributed by atoms with Gasteiger partial charge in [0.25, 0.3) is 11.6 Å². The Morgan fingerprint density at radius 1 is 1.00 bits per heavy atom. The number of non-ortho nitro benzene ring substituents is 1. The Balaban J connectivity index is 1.42. The summed E-state index contributed by atoms with van der Waals surface area (Å²) in [7, 11) is 0. The van der Waals surface area contributed by atoms with E-state index in [9.17, 15) is 14.9 Å². The van der Waals surface area contributed by atoms with Gasteiger partial charge in [0.1, 0.15) is 10.8 Å². The number of amides is 1. The van der Waals surface area contributed by atoms with Crippen LogP contribution in [0, 0.1) is 10.1 Å². The number of fused-ring (bicyclic) bond motifs is 1. The average Bonchev–Trinajstić information content (AvgIpc) is 3.48. The number of benzene rings is 3. The standard InChI is InChI=1S/C24H13Cl2N3O4S/c25-16-12-17(26)19(11-15(16)24-28-18-6-1-2-7-22(18)34-24)27-23(30)21-9-8-20(33-21)13-4-3-5-14(10-13)29(31)32/h1-12H,(H,27,30). The number of thiazole rings is 1. The molecule has 5 rings (SSSR count). The van der Waals surface area contributed by atoms with Gasteiger partial charge in [0.2, 0.25) is 0 Å². The van der Waals surface area contributed by atoms with Crippen molar-refractivity contribution in [3.05, 3.63) is 98.7 Å². The Hall–Kier alpha value is -3.72. The minimum atomic E-state index is -0.531. The number of rotatable bonds is 5. The number of para-hydroxylation sites is 1. The minimum Gasteiger partial charge on any atom is -0.451 e. The van der Waals surface area contributed by atoms with Crippen LogP contribution >= 0.6 is 34.5 Å². The summed E-state index contributed by atoms with van der Waals surface area (Å²) in [4.78, 5) is 28.0. The number of anilines is 1. The molecule has 3 aromatic carbocycles. The summed E-state index contributed by atoms with van der Waals surface area (Å²) in [6, 6.07) is 20.0. The maximum Gasteiger partial charge on any atom is 0.291 e. The van der Waals surface area contributed by atoms with E-state index in [1.165, 1.54) is 29.5 Å². The minimum absolute atomic E-state index is 0.0223. The second kappa shape index (κ2) is 8.90. The molecule has 0 saturated heterocycles. The molecule has 168 valence electrons. The van der Waals surface area contributed by atoms with Crippen LogP contribution in [0.5, 0.6) is 0 Å². The van der Waals surface area contributed by atoms with Crippen molar-refractivity contribution >= 4 is 62.0 Å². The number of nitro groups is 1. The first-order valence-electron chi connectivity index (χ1n) is 9.90. The number of hydrogen-bond acceptors (Lipinski definition) is 6. The summed E-state index contributed by atoms with van der Waals surface area (Å²) in [6.07, 6.45) is 0. The van der Waals surface area contributed by atoms with E-state index in [1.807, 2.05) is 24.3 Å². The number of nitrogens with one attached hydrogen (secondary N) is 1. The van der Waals surface area contributed by atoms with Crippen LogP contribution in [0.2, 0.25) is 10.0 Å². The van der Waals surface area contributed by atoms with Gasteiger partial charge >= 0.3 is 0 Å². The summed E-state index contributed by atoms with van der Waals surface area (Å²) >= 11 is 14.2. The Morgan fingerprint density at radius 2 is 1.82 bits per heavy atom. The van der Waals surface area contributed by atoms with Crippen molar-refractivity contribution < 1.29 is 14.1 Å². The molecule has 0 saturated carbocycles. The normalized spacial score (nSPS) is 11.0. The van der Waals surface area contributed by atoms with Crippen molar-refractivity contribution in [2.45, 2.75) is 0 Å². The van der Waals surface area contributed by atoms with E-state index < -0.39 is 10.8 Å². The van der Waals surface area contributed by atoms with Crippen molar-refractivity contribution in [3.8, 4) is 21.9 Å². The zero-order chi connectivity index (χ0) is 23.8.